The van der Waals surface area contributed by atoms with Crippen LogP contribution < -0.4 is 15.8 Å². The highest BCUT2D eigenvalue weighted by atomic mass is 19.4. The maximum atomic E-state index is 13.3. The van der Waals surface area contributed by atoms with Gasteiger partial charge >= 0.3 is 12.1 Å². The standard InChI is InChI=1S/C25H28F3N5O3/c1-15-12-19(17(3)29-20-7-5-4-6-18(20)24(35)36)22-30-21(16(2)23(34)33(22)13-15)32-10-8-31(9-11-32)14-25(26,27)28/h4-7,12-13,17,29H,8-11,14H2,1-3H3,(H,35,36)/t17-/m1/s1. The molecule has 2 N–H and O–H groups in total. The van der Waals surface area contributed by atoms with Crippen LogP contribution in [0.5, 0.6) is 0 Å². The fourth-order valence-corrected chi connectivity index (χ4v) is 4.59. The van der Waals surface area contributed by atoms with Gasteiger partial charge in [-0.25, -0.2) is 9.78 Å². The average molecular weight is 504 g/mol. The van der Waals surface area contributed by atoms with Crippen molar-refractivity contribution >= 4 is 23.1 Å². The van der Waals surface area contributed by atoms with E-state index in [-0.39, 0.29) is 24.2 Å². The number of nitrogens with one attached hydrogen (secondary N) is 1. The van der Waals surface area contributed by atoms with Gasteiger partial charge in [-0.05, 0) is 44.5 Å². The number of benzene rings is 1. The molecule has 0 unspecified atom stereocenters. The van der Waals surface area contributed by atoms with Gasteiger partial charge in [-0.3, -0.25) is 14.1 Å². The highest BCUT2D eigenvalue weighted by molar-refractivity contribution is 5.94. The summed E-state index contributed by atoms with van der Waals surface area (Å²) in [7, 11) is 0. The zero-order chi connectivity index (χ0) is 26.2. The van der Waals surface area contributed by atoms with Crippen molar-refractivity contribution in [3.63, 3.8) is 0 Å². The minimum absolute atomic E-state index is 0.125. The molecule has 192 valence electrons. The van der Waals surface area contributed by atoms with Crippen molar-refractivity contribution in [2.24, 2.45) is 0 Å². The highest BCUT2D eigenvalue weighted by Gasteiger charge is 2.33. The van der Waals surface area contributed by atoms with Crippen molar-refractivity contribution in [2.45, 2.75) is 33.0 Å². The van der Waals surface area contributed by atoms with Crippen LogP contribution in [0.3, 0.4) is 0 Å². The molecule has 0 radical (unpaired) electrons. The van der Waals surface area contributed by atoms with Crippen LogP contribution in [-0.4, -0.2) is 64.3 Å². The Labute approximate surface area is 206 Å². The molecule has 1 atom stereocenters. The van der Waals surface area contributed by atoms with Gasteiger partial charge in [-0.2, -0.15) is 13.2 Å². The maximum absolute atomic E-state index is 13.3. The van der Waals surface area contributed by atoms with Crippen molar-refractivity contribution in [3.05, 3.63) is 69.1 Å². The molecule has 3 aromatic rings. The molecule has 1 fully saturated rings. The first-order valence-electron chi connectivity index (χ1n) is 11.6. The predicted octanol–water partition coefficient (Wildman–Crippen LogP) is 3.87. The number of fused-ring (bicyclic) bond motifs is 1. The lowest BCUT2D eigenvalue weighted by Crippen LogP contribution is -2.50. The number of anilines is 2. The molecule has 0 aliphatic carbocycles. The van der Waals surface area contributed by atoms with Gasteiger partial charge in [0.1, 0.15) is 11.5 Å². The number of aryl methyl sites for hydroxylation is 1. The summed E-state index contributed by atoms with van der Waals surface area (Å²) >= 11 is 0. The van der Waals surface area contributed by atoms with E-state index in [0.29, 0.717) is 41.4 Å². The summed E-state index contributed by atoms with van der Waals surface area (Å²) in [5.74, 6) is -0.605. The Hall–Kier alpha value is -3.60. The van der Waals surface area contributed by atoms with Crippen molar-refractivity contribution in [3.8, 4) is 0 Å². The van der Waals surface area contributed by atoms with E-state index in [9.17, 15) is 27.9 Å². The maximum Gasteiger partial charge on any atom is 0.401 e. The van der Waals surface area contributed by atoms with Crippen molar-refractivity contribution in [1.82, 2.24) is 14.3 Å². The second-order valence-corrected chi connectivity index (χ2v) is 9.13. The Morgan fingerprint density at radius 3 is 2.47 bits per heavy atom. The Morgan fingerprint density at radius 2 is 1.83 bits per heavy atom. The lowest BCUT2D eigenvalue weighted by atomic mass is 10.1. The van der Waals surface area contributed by atoms with Crippen molar-refractivity contribution in [2.75, 3.05) is 42.9 Å². The van der Waals surface area contributed by atoms with Crippen LogP contribution in [0, 0.1) is 13.8 Å². The van der Waals surface area contributed by atoms with E-state index in [1.165, 1.54) is 15.4 Å². The number of para-hydroxylation sites is 1. The number of aromatic nitrogens is 2. The number of piperazine rings is 1. The second kappa shape index (κ2) is 9.81. The van der Waals surface area contributed by atoms with Gasteiger partial charge < -0.3 is 15.3 Å². The molecule has 8 nitrogen and oxygen atoms in total. The van der Waals surface area contributed by atoms with E-state index in [1.807, 2.05) is 24.8 Å². The summed E-state index contributed by atoms with van der Waals surface area (Å²) < 4.78 is 39.8. The highest BCUT2D eigenvalue weighted by Crippen LogP contribution is 2.27. The van der Waals surface area contributed by atoms with Crippen LogP contribution >= 0.6 is 0 Å². The number of carbonyl (C=O) groups is 1. The van der Waals surface area contributed by atoms with Gasteiger partial charge in [0.15, 0.2) is 0 Å². The quantitative estimate of drug-likeness (QED) is 0.528. The number of hydrogen-bond acceptors (Lipinski definition) is 6. The number of alkyl halides is 3. The van der Waals surface area contributed by atoms with E-state index in [1.54, 1.807) is 31.3 Å². The van der Waals surface area contributed by atoms with Crippen LogP contribution in [-0.2, 0) is 0 Å². The molecule has 0 amide bonds. The molecule has 3 heterocycles. The molecule has 0 spiro atoms. The number of aromatic carboxylic acids is 1. The summed E-state index contributed by atoms with van der Waals surface area (Å²) in [6, 6.07) is 8.06. The number of carboxylic acids is 1. The van der Waals surface area contributed by atoms with Crippen LogP contribution in [0.25, 0.3) is 5.65 Å². The van der Waals surface area contributed by atoms with Gasteiger partial charge in [0.25, 0.3) is 5.56 Å². The minimum Gasteiger partial charge on any atom is -0.478 e. The van der Waals surface area contributed by atoms with E-state index in [4.69, 9.17) is 4.98 Å². The molecular formula is C25H28F3N5O3. The van der Waals surface area contributed by atoms with Crippen molar-refractivity contribution < 1.29 is 23.1 Å². The minimum atomic E-state index is -4.26. The van der Waals surface area contributed by atoms with E-state index in [2.05, 4.69) is 5.32 Å². The summed E-state index contributed by atoms with van der Waals surface area (Å²) in [5, 5.41) is 12.7. The zero-order valence-electron chi connectivity index (χ0n) is 20.3. The Bertz CT molecular complexity index is 1350. The number of hydrogen-bond donors (Lipinski definition) is 2. The molecule has 0 bridgehead atoms. The predicted molar refractivity (Wildman–Crippen MR) is 131 cm³/mol. The van der Waals surface area contributed by atoms with Gasteiger partial charge in [-0.15, -0.1) is 0 Å². The molecule has 4 rings (SSSR count). The fraction of sp³-hybridized carbons (Fsp3) is 0.400. The topological polar surface area (TPSA) is 90.2 Å². The van der Waals surface area contributed by atoms with E-state index < -0.39 is 24.7 Å². The normalized spacial score (nSPS) is 15.8. The van der Waals surface area contributed by atoms with Gasteiger partial charge in [0, 0.05) is 43.6 Å². The van der Waals surface area contributed by atoms with Gasteiger partial charge in [-0.1, -0.05) is 12.1 Å². The number of rotatable bonds is 6. The lowest BCUT2D eigenvalue weighted by molar-refractivity contribution is -0.146. The molecule has 1 saturated heterocycles. The van der Waals surface area contributed by atoms with Crippen LogP contribution in [0.4, 0.5) is 24.7 Å². The summed E-state index contributed by atoms with van der Waals surface area (Å²) in [6.07, 6.45) is -2.56. The Kier molecular flexibility index (Phi) is 6.94. The van der Waals surface area contributed by atoms with E-state index in [0.717, 1.165) is 5.56 Å². The molecule has 2 aromatic heterocycles. The first-order valence-corrected chi connectivity index (χ1v) is 11.6. The van der Waals surface area contributed by atoms with Gasteiger partial charge in [0.2, 0.25) is 0 Å². The summed E-state index contributed by atoms with van der Waals surface area (Å²) in [4.78, 5) is 33.0. The fourth-order valence-electron chi connectivity index (χ4n) is 4.59. The summed E-state index contributed by atoms with van der Waals surface area (Å²) in [5.41, 5.74) is 2.67. The molecular weight excluding hydrogens is 475 g/mol. The molecule has 1 aromatic carbocycles. The van der Waals surface area contributed by atoms with Crippen molar-refractivity contribution in [1.29, 1.82) is 0 Å². The van der Waals surface area contributed by atoms with E-state index >= 15 is 0 Å². The molecule has 1 aliphatic rings. The zero-order valence-corrected chi connectivity index (χ0v) is 20.3. The summed E-state index contributed by atoms with van der Waals surface area (Å²) in [6.45, 7) is 5.49. The molecule has 11 heteroatoms. The first kappa shape index (κ1) is 25.5. The third-order valence-corrected chi connectivity index (χ3v) is 6.36. The smallest absolute Gasteiger partial charge is 0.401 e. The number of nitrogens with zero attached hydrogens (tertiary/aromatic N) is 4. The third-order valence-electron chi connectivity index (χ3n) is 6.36. The third kappa shape index (κ3) is 5.30. The largest absolute Gasteiger partial charge is 0.478 e. The lowest BCUT2D eigenvalue weighted by Gasteiger charge is -2.36. The van der Waals surface area contributed by atoms with Crippen LogP contribution in [0.1, 0.15) is 40.0 Å². The van der Waals surface area contributed by atoms with Crippen LogP contribution in [0.2, 0.25) is 0 Å². The molecule has 36 heavy (non-hydrogen) atoms. The monoisotopic (exact) mass is 503 g/mol. The van der Waals surface area contributed by atoms with Crippen LogP contribution in [0.15, 0.2) is 41.3 Å². The molecule has 1 aliphatic heterocycles. The Balaban J connectivity index is 1.70. The molecule has 0 saturated carbocycles. The average Bonchev–Trinajstić information content (AvgIpc) is 2.81. The first-order chi connectivity index (χ1) is 16.9. The van der Waals surface area contributed by atoms with Gasteiger partial charge in [0.05, 0.1) is 23.7 Å². The SMILES string of the molecule is Cc1cc([C@@H](C)Nc2ccccc2C(=O)O)c2nc(N3CCN(CC(F)(F)F)CC3)c(C)c(=O)n2c1. The second-order valence-electron chi connectivity index (χ2n) is 9.13. The number of pyridine rings is 1. The number of carboxylic acid groups (broad SMARTS) is 1. The Morgan fingerprint density at radius 1 is 1.17 bits per heavy atom. The number of halogens is 3.